The summed E-state index contributed by atoms with van der Waals surface area (Å²) in [5.41, 5.74) is 1.90. The van der Waals surface area contributed by atoms with Crippen LogP contribution in [0.15, 0.2) is 29.8 Å². The Hall–Kier alpha value is -1.35. The number of hydrogen-bond donors (Lipinski definition) is 1. The molecule has 1 aromatic carbocycles. The van der Waals surface area contributed by atoms with E-state index in [0.717, 1.165) is 19.0 Å². The van der Waals surface area contributed by atoms with Gasteiger partial charge in [0, 0.05) is 6.04 Å². The monoisotopic (exact) mass is 263 g/mol. The molecule has 1 aliphatic carbocycles. The number of nitrogens with one attached hydrogen (secondary N) is 1. The molecule has 0 spiro atoms. The van der Waals surface area contributed by atoms with E-state index >= 15 is 0 Å². The van der Waals surface area contributed by atoms with Crippen LogP contribution >= 0.6 is 0 Å². The summed E-state index contributed by atoms with van der Waals surface area (Å²) in [7, 11) is 1.49. The van der Waals surface area contributed by atoms with Gasteiger partial charge >= 0.3 is 0 Å². The normalized spacial score (nSPS) is 15.6. The molecule has 0 bridgehead atoms. The topological polar surface area (TPSA) is 21.3 Å². The van der Waals surface area contributed by atoms with Gasteiger partial charge in [-0.1, -0.05) is 23.8 Å². The Morgan fingerprint density at radius 3 is 2.95 bits per heavy atom. The average molecular weight is 263 g/mol. The Kier molecular flexibility index (Phi) is 4.97. The molecular weight excluding hydrogens is 241 g/mol. The molecule has 0 atom stereocenters. The minimum atomic E-state index is -0.242. The summed E-state index contributed by atoms with van der Waals surface area (Å²) in [5.74, 6) is 0.0783. The lowest BCUT2D eigenvalue weighted by atomic mass is 10.0. The van der Waals surface area contributed by atoms with E-state index < -0.39 is 0 Å². The van der Waals surface area contributed by atoms with Crippen LogP contribution in [0.1, 0.15) is 31.7 Å². The number of rotatable bonds is 7. The van der Waals surface area contributed by atoms with Gasteiger partial charge in [0.1, 0.15) is 0 Å². The van der Waals surface area contributed by atoms with Crippen molar-refractivity contribution in [3.8, 4) is 5.75 Å². The van der Waals surface area contributed by atoms with Gasteiger partial charge in [-0.3, -0.25) is 0 Å². The van der Waals surface area contributed by atoms with Crippen molar-refractivity contribution in [2.24, 2.45) is 0 Å². The molecule has 0 radical (unpaired) electrons. The summed E-state index contributed by atoms with van der Waals surface area (Å²) in [4.78, 5) is 0. The first-order chi connectivity index (χ1) is 9.20. The van der Waals surface area contributed by atoms with E-state index in [0.29, 0.717) is 17.7 Å². The lowest BCUT2D eigenvalue weighted by Gasteiger charge is -2.08. The maximum absolute atomic E-state index is 14.0. The zero-order valence-electron chi connectivity index (χ0n) is 11.7. The maximum atomic E-state index is 14.0. The maximum Gasteiger partial charge on any atom is 0.168 e. The van der Waals surface area contributed by atoms with Gasteiger partial charge in [-0.15, -0.1) is 0 Å². The van der Waals surface area contributed by atoms with Gasteiger partial charge in [-0.05, 0) is 50.8 Å². The third-order valence-corrected chi connectivity index (χ3v) is 3.38. The first kappa shape index (κ1) is 14.1. The molecule has 104 valence electrons. The van der Waals surface area contributed by atoms with Crippen molar-refractivity contribution in [2.45, 2.75) is 38.6 Å². The fourth-order valence-electron chi connectivity index (χ4n) is 2.12. The fraction of sp³-hybridized carbons (Fsp3) is 0.500. The summed E-state index contributed by atoms with van der Waals surface area (Å²) in [5, 5.41) is 3.47. The van der Waals surface area contributed by atoms with Crippen molar-refractivity contribution < 1.29 is 9.13 Å². The second kappa shape index (κ2) is 6.71. The van der Waals surface area contributed by atoms with E-state index in [-0.39, 0.29) is 5.82 Å². The third-order valence-electron chi connectivity index (χ3n) is 3.38. The van der Waals surface area contributed by atoms with E-state index in [2.05, 4.69) is 18.3 Å². The highest BCUT2D eigenvalue weighted by Crippen LogP contribution is 2.22. The number of methoxy groups -OCH3 is 1. The first-order valence-electron chi connectivity index (χ1n) is 6.91. The summed E-state index contributed by atoms with van der Waals surface area (Å²) in [6.07, 6.45) is 6.48. The van der Waals surface area contributed by atoms with Gasteiger partial charge in [0.15, 0.2) is 11.6 Å². The molecule has 1 fully saturated rings. The molecule has 2 nitrogen and oxygen atoms in total. The zero-order chi connectivity index (χ0) is 13.7. The van der Waals surface area contributed by atoms with Crippen molar-refractivity contribution in [3.05, 3.63) is 41.2 Å². The molecule has 0 aromatic heterocycles. The van der Waals surface area contributed by atoms with Gasteiger partial charge in [-0.25, -0.2) is 4.39 Å². The molecule has 2 rings (SSSR count). The molecule has 1 aliphatic rings. The molecule has 19 heavy (non-hydrogen) atoms. The van der Waals surface area contributed by atoms with Crippen molar-refractivity contribution in [2.75, 3.05) is 13.7 Å². The van der Waals surface area contributed by atoms with Gasteiger partial charge in [-0.2, -0.15) is 0 Å². The molecule has 0 heterocycles. The Morgan fingerprint density at radius 1 is 1.47 bits per heavy atom. The van der Waals surface area contributed by atoms with Crippen molar-refractivity contribution in [1.29, 1.82) is 0 Å². The Labute approximate surface area is 114 Å². The van der Waals surface area contributed by atoms with Crippen LogP contribution < -0.4 is 10.1 Å². The minimum absolute atomic E-state index is 0.242. The molecule has 1 saturated carbocycles. The number of hydrogen-bond acceptors (Lipinski definition) is 2. The van der Waals surface area contributed by atoms with E-state index in [4.69, 9.17) is 4.74 Å². The minimum Gasteiger partial charge on any atom is -0.494 e. The van der Waals surface area contributed by atoms with Crippen molar-refractivity contribution in [1.82, 2.24) is 5.32 Å². The SMILES string of the molecule is COc1cccc(C/C(C)=C/CCNC2CC2)c1F. The lowest BCUT2D eigenvalue weighted by Crippen LogP contribution is -2.16. The van der Waals surface area contributed by atoms with Gasteiger partial charge in [0.2, 0.25) is 0 Å². The highest BCUT2D eigenvalue weighted by molar-refractivity contribution is 5.33. The van der Waals surface area contributed by atoms with Crippen LogP contribution in [0.2, 0.25) is 0 Å². The van der Waals surface area contributed by atoms with Gasteiger partial charge < -0.3 is 10.1 Å². The standard InChI is InChI=1S/C16H22FNO/c1-12(5-4-10-18-14-8-9-14)11-13-6-3-7-15(19-2)16(13)17/h3,5-7,14,18H,4,8-11H2,1-2H3/b12-5+. The predicted molar refractivity (Wildman–Crippen MR) is 76.1 cm³/mol. The number of benzene rings is 1. The summed E-state index contributed by atoms with van der Waals surface area (Å²) in [6.45, 7) is 3.07. The Morgan fingerprint density at radius 2 is 2.26 bits per heavy atom. The molecule has 0 unspecified atom stereocenters. The molecular formula is C16H22FNO. The van der Waals surface area contributed by atoms with Crippen LogP contribution in [0.3, 0.4) is 0 Å². The molecule has 1 aromatic rings. The number of halogens is 1. The summed E-state index contributed by atoms with van der Waals surface area (Å²) in [6, 6.07) is 6.05. The highest BCUT2D eigenvalue weighted by Gasteiger charge is 2.19. The second-order valence-electron chi connectivity index (χ2n) is 5.18. The quantitative estimate of drug-likeness (QED) is 0.601. The second-order valence-corrected chi connectivity index (χ2v) is 5.18. The van der Waals surface area contributed by atoms with Gasteiger partial charge in [0.25, 0.3) is 0 Å². The van der Waals surface area contributed by atoms with Crippen molar-refractivity contribution >= 4 is 0 Å². The van der Waals surface area contributed by atoms with E-state index in [1.54, 1.807) is 6.07 Å². The van der Waals surface area contributed by atoms with E-state index in [9.17, 15) is 4.39 Å². The number of ether oxygens (including phenoxy) is 1. The fourth-order valence-corrected chi connectivity index (χ4v) is 2.12. The van der Waals surface area contributed by atoms with Crippen molar-refractivity contribution in [3.63, 3.8) is 0 Å². The van der Waals surface area contributed by atoms with Crippen LogP contribution in [-0.4, -0.2) is 19.7 Å². The van der Waals surface area contributed by atoms with E-state index in [1.165, 1.54) is 25.5 Å². The van der Waals surface area contributed by atoms with E-state index in [1.807, 2.05) is 12.1 Å². The van der Waals surface area contributed by atoms with Gasteiger partial charge in [0.05, 0.1) is 7.11 Å². The van der Waals surface area contributed by atoms with Crippen LogP contribution in [0.5, 0.6) is 5.75 Å². The third kappa shape index (κ3) is 4.35. The Balaban J connectivity index is 1.86. The molecule has 0 amide bonds. The van der Waals surface area contributed by atoms with Crippen LogP contribution in [0.25, 0.3) is 0 Å². The zero-order valence-corrected chi connectivity index (χ0v) is 11.7. The molecule has 3 heteroatoms. The molecule has 0 aliphatic heterocycles. The van der Waals surface area contributed by atoms with Crippen LogP contribution in [-0.2, 0) is 6.42 Å². The first-order valence-corrected chi connectivity index (χ1v) is 6.91. The predicted octanol–water partition coefficient (Wildman–Crippen LogP) is 3.47. The van der Waals surface area contributed by atoms with Crippen LogP contribution in [0.4, 0.5) is 4.39 Å². The molecule has 1 N–H and O–H groups in total. The van der Waals surface area contributed by atoms with Crippen LogP contribution in [0, 0.1) is 5.82 Å². The average Bonchev–Trinajstić information content (AvgIpc) is 3.21. The summed E-state index contributed by atoms with van der Waals surface area (Å²) < 4.78 is 19.0. The largest absolute Gasteiger partial charge is 0.494 e. The summed E-state index contributed by atoms with van der Waals surface area (Å²) >= 11 is 0. The Bertz CT molecular complexity index is 452. The smallest absolute Gasteiger partial charge is 0.168 e. The highest BCUT2D eigenvalue weighted by atomic mass is 19.1. The number of allylic oxidation sites excluding steroid dienone is 1. The molecule has 0 saturated heterocycles. The lowest BCUT2D eigenvalue weighted by molar-refractivity contribution is 0.384.